The Morgan fingerprint density at radius 2 is 2.35 bits per heavy atom. The van der Waals surface area contributed by atoms with Gasteiger partial charge in [0, 0.05) is 32.5 Å². The zero-order valence-corrected chi connectivity index (χ0v) is 9.80. The topological polar surface area (TPSA) is 48.0 Å². The van der Waals surface area contributed by atoms with Gasteiger partial charge in [0.25, 0.3) is 0 Å². The Balaban J connectivity index is 1.90. The average Bonchev–Trinajstić information content (AvgIpc) is 2.86. The van der Waals surface area contributed by atoms with Crippen molar-refractivity contribution in [2.24, 2.45) is 0 Å². The van der Waals surface area contributed by atoms with Crippen LogP contribution in [0.15, 0.2) is 30.9 Å². The van der Waals surface area contributed by atoms with E-state index in [2.05, 4.69) is 37.9 Å². The predicted octanol–water partition coefficient (Wildman–Crippen LogP) is 1.26. The number of aromatic amines is 1. The third-order valence-electron chi connectivity index (χ3n) is 3.09. The van der Waals surface area contributed by atoms with Crippen LogP contribution < -0.4 is 9.80 Å². The lowest BCUT2D eigenvalue weighted by atomic mass is 10.2. The van der Waals surface area contributed by atoms with Crippen molar-refractivity contribution in [3.8, 4) is 0 Å². The smallest absolute Gasteiger partial charge is 0.151 e. The lowest BCUT2D eigenvalue weighted by molar-refractivity contribution is 0.718. The number of nitrogens with zero attached hydrogens (tertiary/aromatic N) is 4. The maximum atomic E-state index is 4.44. The van der Waals surface area contributed by atoms with Crippen LogP contribution in [0.4, 0.5) is 11.5 Å². The number of aromatic nitrogens is 3. The molecular formula is C12H15N5. The molecule has 5 heteroatoms. The van der Waals surface area contributed by atoms with Crippen molar-refractivity contribution in [1.29, 1.82) is 0 Å². The molecule has 0 atom stereocenters. The third kappa shape index (κ3) is 1.84. The van der Waals surface area contributed by atoms with Gasteiger partial charge in [-0.1, -0.05) is 0 Å². The number of hydrogen-bond acceptors (Lipinski definition) is 4. The SMILES string of the molecule is CN1CCN(Cc2cnc[nH]2)c2cccnc21. The van der Waals surface area contributed by atoms with E-state index in [1.54, 1.807) is 6.33 Å². The Labute approximate surface area is 100 Å². The van der Waals surface area contributed by atoms with Crippen molar-refractivity contribution in [2.45, 2.75) is 6.54 Å². The van der Waals surface area contributed by atoms with Crippen molar-refractivity contribution in [3.05, 3.63) is 36.5 Å². The minimum Gasteiger partial charge on any atom is -0.361 e. The van der Waals surface area contributed by atoms with Gasteiger partial charge in [-0.3, -0.25) is 0 Å². The highest BCUT2D eigenvalue weighted by Crippen LogP contribution is 2.30. The van der Waals surface area contributed by atoms with Crippen LogP contribution in [0.5, 0.6) is 0 Å². The van der Waals surface area contributed by atoms with Crippen LogP contribution in [0.25, 0.3) is 0 Å². The predicted molar refractivity (Wildman–Crippen MR) is 67.1 cm³/mol. The lowest BCUT2D eigenvalue weighted by Crippen LogP contribution is -2.39. The molecule has 0 unspecified atom stereocenters. The Bertz CT molecular complexity index is 493. The first-order valence-corrected chi connectivity index (χ1v) is 5.73. The van der Waals surface area contributed by atoms with Crippen molar-refractivity contribution >= 4 is 11.5 Å². The molecule has 2 aromatic rings. The van der Waals surface area contributed by atoms with Gasteiger partial charge in [0.1, 0.15) is 0 Å². The highest BCUT2D eigenvalue weighted by Gasteiger charge is 2.21. The maximum Gasteiger partial charge on any atom is 0.151 e. The van der Waals surface area contributed by atoms with Gasteiger partial charge < -0.3 is 14.8 Å². The zero-order chi connectivity index (χ0) is 11.7. The molecule has 0 fully saturated rings. The molecule has 0 spiro atoms. The number of fused-ring (bicyclic) bond motifs is 1. The lowest BCUT2D eigenvalue weighted by Gasteiger charge is -2.35. The zero-order valence-electron chi connectivity index (χ0n) is 9.80. The Morgan fingerprint density at radius 1 is 1.41 bits per heavy atom. The average molecular weight is 229 g/mol. The summed E-state index contributed by atoms with van der Waals surface area (Å²) >= 11 is 0. The molecule has 0 aliphatic carbocycles. The maximum absolute atomic E-state index is 4.44. The molecule has 3 rings (SSSR count). The van der Waals surface area contributed by atoms with Crippen molar-refractivity contribution in [1.82, 2.24) is 15.0 Å². The number of rotatable bonds is 2. The second-order valence-electron chi connectivity index (χ2n) is 4.27. The quantitative estimate of drug-likeness (QED) is 0.842. The summed E-state index contributed by atoms with van der Waals surface area (Å²) in [6.07, 6.45) is 5.43. The van der Waals surface area contributed by atoms with Crippen LogP contribution in [0.1, 0.15) is 5.69 Å². The molecule has 0 bridgehead atoms. The minimum absolute atomic E-state index is 0.854. The molecule has 17 heavy (non-hydrogen) atoms. The summed E-state index contributed by atoms with van der Waals surface area (Å²) < 4.78 is 0. The van der Waals surface area contributed by atoms with E-state index in [9.17, 15) is 0 Å². The van der Waals surface area contributed by atoms with Gasteiger partial charge >= 0.3 is 0 Å². The van der Waals surface area contributed by atoms with E-state index in [0.717, 1.165) is 31.1 Å². The summed E-state index contributed by atoms with van der Waals surface area (Å²) in [5.41, 5.74) is 2.32. The fraction of sp³-hybridized carbons (Fsp3) is 0.333. The van der Waals surface area contributed by atoms with Gasteiger partial charge in [-0.15, -0.1) is 0 Å². The second kappa shape index (κ2) is 4.08. The van der Waals surface area contributed by atoms with Crippen molar-refractivity contribution in [2.75, 3.05) is 29.9 Å². The summed E-state index contributed by atoms with van der Waals surface area (Å²) in [6.45, 7) is 2.86. The standard InChI is InChI=1S/C12H15N5/c1-16-5-6-17(8-10-7-13-9-15-10)11-3-2-4-14-12(11)16/h2-4,7,9H,5-6,8H2,1H3,(H,13,15). The summed E-state index contributed by atoms with van der Waals surface area (Å²) in [7, 11) is 2.08. The van der Waals surface area contributed by atoms with E-state index in [4.69, 9.17) is 0 Å². The summed E-state index contributed by atoms with van der Waals surface area (Å²) in [5, 5.41) is 0. The molecule has 0 radical (unpaired) electrons. The van der Waals surface area contributed by atoms with Gasteiger partial charge in [0.05, 0.1) is 24.3 Å². The van der Waals surface area contributed by atoms with Crippen LogP contribution in [0.2, 0.25) is 0 Å². The summed E-state index contributed by atoms with van der Waals surface area (Å²) in [5.74, 6) is 1.05. The molecule has 1 N–H and O–H groups in total. The summed E-state index contributed by atoms with van der Waals surface area (Å²) in [6, 6.07) is 4.10. The van der Waals surface area contributed by atoms with E-state index in [1.807, 2.05) is 18.5 Å². The number of hydrogen-bond donors (Lipinski definition) is 1. The fourth-order valence-electron chi connectivity index (χ4n) is 2.17. The molecule has 3 heterocycles. The second-order valence-corrected chi connectivity index (χ2v) is 4.27. The Morgan fingerprint density at radius 3 is 3.18 bits per heavy atom. The number of H-pyrrole nitrogens is 1. The minimum atomic E-state index is 0.854. The molecule has 88 valence electrons. The van der Waals surface area contributed by atoms with Crippen LogP contribution in [-0.4, -0.2) is 35.1 Å². The molecule has 0 amide bonds. The normalized spacial score (nSPS) is 14.9. The number of imidazole rings is 1. The number of pyridine rings is 1. The van der Waals surface area contributed by atoms with E-state index in [-0.39, 0.29) is 0 Å². The van der Waals surface area contributed by atoms with Crippen LogP contribution >= 0.6 is 0 Å². The summed E-state index contributed by atoms with van der Waals surface area (Å²) in [4.78, 5) is 16.2. The molecule has 0 aromatic carbocycles. The van der Waals surface area contributed by atoms with Gasteiger partial charge in [-0.05, 0) is 12.1 Å². The first-order valence-electron chi connectivity index (χ1n) is 5.73. The highest BCUT2D eigenvalue weighted by atomic mass is 15.3. The van der Waals surface area contributed by atoms with E-state index < -0.39 is 0 Å². The molecule has 5 nitrogen and oxygen atoms in total. The number of anilines is 2. The highest BCUT2D eigenvalue weighted by molar-refractivity contribution is 5.68. The Hall–Kier alpha value is -2.04. The molecule has 1 aliphatic rings. The van der Waals surface area contributed by atoms with Crippen molar-refractivity contribution in [3.63, 3.8) is 0 Å². The largest absolute Gasteiger partial charge is 0.361 e. The van der Waals surface area contributed by atoms with E-state index in [1.165, 1.54) is 5.69 Å². The van der Waals surface area contributed by atoms with E-state index >= 15 is 0 Å². The van der Waals surface area contributed by atoms with Gasteiger partial charge in [0.2, 0.25) is 0 Å². The number of likely N-dealkylation sites (N-methyl/N-ethyl adjacent to an activating group) is 1. The van der Waals surface area contributed by atoms with Crippen molar-refractivity contribution < 1.29 is 0 Å². The number of nitrogens with one attached hydrogen (secondary N) is 1. The molecule has 0 saturated carbocycles. The fourth-order valence-corrected chi connectivity index (χ4v) is 2.17. The third-order valence-corrected chi connectivity index (χ3v) is 3.09. The van der Waals surface area contributed by atoms with Gasteiger partial charge in [-0.2, -0.15) is 0 Å². The van der Waals surface area contributed by atoms with Gasteiger partial charge in [0.15, 0.2) is 5.82 Å². The first kappa shape index (κ1) is 10.1. The van der Waals surface area contributed by atoms with Gasteiger partial charge in [-0.25, -0.2) is 9.97 Å². The monoisotopic (exact) mass is 229 g/mol. The van der Waals surface area contributed by atoms with Crippen LogP contribution in [0.3, 0.4) is 0 Å². The van der Waals surface area contributed by atoms with Crippen LogP contribution in [0, 0.1) is 0 Å². The first-order chi connectivity index (χ1) is 8.34. The molecule has 1 aliphatic heterocycles. The molecule has 0 saturated heterocycles. The Kier molecular flexibility index (Phi) is 2.44. The van der Waals surface area contributed by atoms with E-state index in [0.29, 0.717) is 0 Å². The molecular weight excluding hydrogens is 214 g/mol. The van der Waals surface area contributed by atoms with Crippen LogP contribution in [-0.2, 0) is 6.54 Å². The molecule has 2 aromatic heterocycles.